The van der Waals surface area contributed by atoms with Gasteiger partial charge in [0.25, 0.3) is 11.8 Å². The van der Waals surface area contributed by atoms with Crippen LogP contribution in [0.1, 0.15) is 29.3 Å². The smallest absolute Gasteiger partial charge is 0.425 e. The molecule has 1 N–H and O–H groups in total. The van der Waals surface area contributed by atoms with Gasteiger partial charge < -0.3 is 29.2 Å². The molecule has 0 saturated carbocycles. The SMILES string of the molecule is Cc1cc2c(c(O[C@H](C)C(F)(F)F)c1)C(=O)N1C[C@@H](Oc3ccc4c(c3)NC(=O)CO4)C[C@@H]1CO2. The molecule has 11 heteroatoms. The molecule has 2 aromatic carbocycles. The van der Waals surface area contributed by atoms with Crippen molar-refractivity contribution in [1.29, 1.82) is 0 Å². The first-order chi connectivity index (χ1) is 16.6. The molecule has 35 heavy (non-hydrogen) atoms. The van der Waals surface area contributed by atoms with Crippen molar-refractivity contribution in [3.63, 3.8) is 0 Å². The molecule has 0 unspecified atom stereocenters. The Balaban J connectivity index is 1.36. The van der Waals surface area contributed by atoms with Crippen LogP contribution in [0.4, 0.5) is 18.9 Å². The molecule has 1 fully saturated rings. The van der Waals surface area contributed by atoms with Gasteiger partial charge in [0.05, 0.1) is 18.3 Å². The molecular weight excluding hydrogens is 469 g/mol. The molecule has 3 aliphatic heterocycles. The average Bonchev–Trinajstić information content (AvgIpc) is 3.13. The number of carbonyl (C=O) groups is 2. The van der Waals surface area contributed by atoms with Crippen molar-refractivity contribution in [2.75, 3.05) is 25.1 Å². The highest BCUT2D eigenvalue weighted by atomic mass is 19.4. The van der Waals surface area contributed by atoms with Crippen molar-refractivity contribution in [2.45, 2.75) is 44.7 Å². The largest absolute Gasteiger partial charge is 0.490 e. The fourth-order valence-corrected chi connectivity index (χ4v) is 4.42. The van der Waals surface area contributed by atoms with Gasteiger partial charge in [-0.2, -0.15) is 13.2 Å². The van der Waals surface area contributed by atoms with E-state index in [1.807, 2.05) is 0 Å². The highest BCUT2D eigenvalue weighted by Crippen LogP contribution is 2.39. The summed E-state index contributed by atoms with van der Waals surface area (Å²) in [6, 6.07) is 7.76. The number of aryl methyl sites for hydroxylation is 1. The second-order valence-electron chi connectivity index (χ2n) is 8.83. The van der Waals surface area contributed by atoms with E-state index in [1.54, 1.807) is 36.1 Å². The van der Waals surface area contributed by atoms with Crippen molar-refractivity contribution in [1.82, 2.24) is 4.90 Å². The molecule has 5 rings (SSSR count). The quantitative estimate of drug-likeness (QED) is 0.701. The van der Waals surface area contributed by atoms with E-state index in [4.69, 9.17) is 18.9 Å². The van der Waals surface area contributed by atoms with Gasteiger partial charge in [-0.15, -0.1) is 0 Å². The van der Waals surface area contributed by atoms with Crippen LogP contribution in [0.2, 0.25) is 0 Å². The number of halogens is 3. The second kappa shape index (κ2) is 8.54. The number of carbonyl (C=O) groups excluding carboxylic acids is 2. The van der Waals surface area contributed by atoms with E-state index in [0.717, 1.165) is 6.92 Å². The summed E-state index contributed by atoms with van der Waals surface area (Å²) in [5.74, 6) is 0.336. The molecule has 0 bridgehead atoms. The summed E-state index contributed by atoms with van der Waals surface area (Å²) in [5.41, 5.74) is 1.09. The van der Waals surface area contributed by atoms with Gasteiger partial charge >= 0.3 is 6.18 Å². The van der Waals surface area contributed by atoms with Crippen molar-refractivity contribution >= 4 is 17.5 Å². The Morgan fingerprint density at radius 2 is 1.94 bits per heavy atom. The summed E-state index contributed by atoms with van der Waals surface area (Å²) in [6.45, 7) is 2.92. The Bertz CT molecular complexity index is 1180. The van der Waals surface area contributed by atoms with Crippen molar-refractivity contribution in [2.24, 2.45) is 0 Å². The fraction of sp³-hybridized carbons (Fsp3) is 0.417. The van der Waals surface area contributed by atoms with E-state index >= 15 is 0 Å². The minimum Gasteiger partial charge on any atom is -0.490 e. The lowest BCUT2D eigenvalue weighted by molar-refractivity contribution is -0.189. The second-order valence-corrected chi connectivity index (χ2v) is 8.83. The monoisotopic (exact) mass is 492 g/mol. The van der Waals surface area contributed by atoms with Gasteiger partial charge in [-0.1, -0.05) is 0 Å². The number of anilines is 1. The fourth-order valence-electron chi connectivity index (χ4n) is 4.42. The first-order valence-electron chi connectivity index (χ1n) is 11.1. The number of hydrogen-bond donors (Lipinski definition) is 1. The molecule has 8 nitrogen and oxygen atoms in total. The van der Waals surface area contributed by atoms with Crippen LogP contribution < -0.4 is 24.3 Å². The van der Waals surface area contributed by atoms with Gasteiger partial charge in [0.2, 0.25) is 0 Å². The summed E-state index contributed by atoms with van der Waals surface area (Å²) in [5, 5.41) is 2.72. The molecule has 0 spiro atoms. The van der Waals surface area contributed by atoms with E-state index in [2.05, 4.69) is 5.32 Å². The van der Waals surface area contributed by atoms with Crippen LogP contribution in [-0.4, -0.2) is 60.9 Å². The first kappa shape index (κ1) is 23.1. The predicted octanol–water partition coefficient (Wildman–Crippen LogP) is 3.71. The summed E-state index contributed by atoms with van der Waals surface area (Å²) < 4.78 is 61.9. The van der Waals surface area contributed by atoms with Crippen LogP contribution in [0.5, 0.6) is 23.0 Å². The molecular formula is C24H23F3N2O6. The minimum absolute atomic E-state index is 0.0245. The molecule has 0 aliphatic carbocycles. The van der Waals surface area contributed by atoms with Crippen LogP contribution in [0.15, 0.2) is 30.3 Å². The Hall–Kier alpha value is -3.63. The van der Waals surface area contributed by atoms with Crippen LogP contribution in [0.3, 0.4) is 0 Å². The van der Waals surface area contributed by atoms with Gasteiger partial charge in [-0.3, -0.25) is 9.59 Å². The number of alkyl halides is 3. The molecule has 2 amide bonds. The Labute approximate surface area is 198 Å². The van der Waals surface area contributed by atoms with Crippen LogP contribution in [0.25, 0.3) is 0 Å². The minimum atomic E-state index is -4.58. The highest BCUT2D eigenvalue weighted by Gasteiger charge is 2.43. The third-order valence-electron chi connectivity index (χ3n) is 6.14. The van der Waals surface area contributed by atoms with Gasteiger partial charge in [-0.25, -0.2) is 0 Å². The normalized spacial score (nSPS) is 22.0. The van der Waals surface area contributed by atoms with Crippen molar-refractivity contribution < 1.29 is 41.7 Å². The third kappa shape index (κ3) is 4.54. The van der Waals surface area contributed by atoms with Crippen molar-refractivity contribution in [3.05, 3.63) is 41.5 Å². The van der Waals surface area contributed by atoms with Crippen LogP contribution >= 0.6 is 0 Å². The number of ether oxygens (including phenoxy) is 4. The molecule has 2 aromatic rings. The van der Waals surface area contributed by atoms with E-state index in [1.165, 1.54) is 6.07 Å². The number of fused-ring (bicyclic) bond motifs is 3. The number of hydrogen-bond acceptors (Lipinski definition) is 6. The number of benzene rings is 2. The molecule has 1 saturated heterocycles. The van der Waals surface area contributed by atoms with Crippen LogP contribution in [0, 0.1) is 6.92 Å². The zero-order valence-electron chi connectivity index (χ0n) is 19.0. The molecule has 3 heterocycles. The average molecular weight is 492 g/mol. The molecule has 0 aromatic heterocycles. The maximum absolute atomic E-state index is 13.5. The Morgan fingerprint density at radius 1 is 1.14 bits per heavy atom. The van der Waals surface area contributed by atoms with Crippen molar-refractivity contribution in [3.8, 4) is 23.0 Å². The number of rotatable bonds is 4. The summed E-state index contributed by atoms with van der Waals surface area (Å²) in [6.07, 6.45) is -6.59. The van der Waals surface area contributed by atoms with Gasteiger partial charge in [-0.05, 0) is 43.7 Å². The van der Waals surface area contributed by atoms with Crippen LogP contribution in [-0.2, 0) is 4.79 Å². The summed E-state index contributed by atoms with van der Waals surface area (Å²) in [7, 11) is 0. The zero-order chi connectivity index (χ0) is 24.9. The standard InChI is InChI=1S/C24H23F3N2O6/c1-12-5-19-22(20(6-12)34-13(2)24(25,26)27)23(31)29-9-16(7-14(29)10-32-19)35-15-3-4-18-17(8-15)28-21(30)11-33-18/h3-6,8,13-14,16H,7,9-11H2,1-2H3,(H,28,30)/t13-,14-,16+/m1/s1. The first-order valence-corrected chi connectivity index (χ1v) is 11.1. The van der Waals surface area contributed by atoms with E-state index in [9.17, 15) is 22.8 Å². The van der Waals surface area contributed by atoms with E-state index < -0.39 is 18.2 Å². The summed E-state index contributed by atoms with van der Waals surface area (Å²) in [4.78, 5) is 26.6. The number of amides is 2. The third-order valence-corrected chi connectivity index (χ3v) is 6.14. The van der Waals surface area contributed by atoms with Gasteiger partial charge in [0, 0.05) is 12.5 Å². The maximum atomic E-state index is 13.5. The number of nitrogens with one attached hydrogen (secondary N) is 1. The predicted molar refractivity (Wildman–Crippen MR) is 117 cm³/mol. The van der Waals surface area contributed by atoms with E-state index in [-0.39, 0.29) is 54.9 Å². The lowest BCUT2D eigenvalue weighted by Gasteiger charge is -2.23. The zero-order valence-corrected chi connectivity index (χ0v) is 19.0. The summed E-state index contributed by atoms with van der Waals surface area (Å²) >= 11 is 0. The van der Waals surface area contributed by atoms with Gasteiger partial charge in [0.1, 0.15) is 41.3 Å². The Kier molecular flexibility index (Phi) is 5.65. The van der Waals surface area contributed by atoms with Gasteiger partial charge in [0.15, 0.2) is 12.7 Å². The molecule has 186 valence electrons. The molecule has 3 aliphatic rings. The topological polar surface area (TPSA) is 86.3 Å². The molecule has 0 radical (unpaired) electrons. The lowest BCUT2D eigenvalue weighted by Crippen LogP contribution is -2.37. The maximum Gasteiger partial charge on any atom is 0.425 e. The molecule has 3 atom stereocenters. The Morgan fingerprint density at radius 3 is 2.71 bits per heavy atom. The highest BCUT2D eigenvalue weighted by molar-refractivity contribution is 6.00. The lowest BCUT2D eigenvalue weighted by atomic mass is 10.1. The number of nitrogens with zero attached hydrogens (tertiary/aromatic N) is 1. The van der Waals surface area contributed by atoms with E-state index in [0.29, 0.717) is 29.2 Å².